The van der Waals surface area contributed by atoms with Gasteiger partial charge in [0.2, 0.25) is 0 Å². The van der Waals surface area contributed by atoms with Crippen molar-refractivity contribution in [1.29, 1.82) is 0 Å². The molecule has 4 heterocycles. The molecule has 10 heteroatoms. The highest BCUT2D eigenvalue weighted by Gasteiger charge is 2.27. The van der Waals surface area contributed by atoms with Crippen LogP contribution < -0.4 is 0 Å². The maximum Gasteiger partial charge on any atom is 0.145 e. The number of halogens is 3. The molecular weight excluding hydrogens is 594 g/mol. The summed E-state index contributed by atoms with van der Waals surface area (Å²) in [5.41, 5.74) is 4.14. The lowest BCUT2D eigenvalue weighted by atomic mass is 9.93. The van der Waals surface area contributed by atoms with Gasteiger partial charge < -0.3 is 9.84 Å². The Balaban J connectivity index is 0.000000275. The van der Waals surface area contributed by atoms with E-state index >= 15 is 0 Å². The lowest BCUT2D eigenvalue weighted by Gasteiger charge is -2.26. The number of hydrogen-bond acceptors (Lipinski definition) is 7. The standard InChI is InChI=1S/C19H17ClN2O2S.C4H2ClIN2/c1-11-14(18-13-5-3-2-4-12(13)6-7-24-18)8-16(25-11)17(23)15-9-21-10-22-19(15)20;5-4-3(6)1-7-2-8-4/h2-5,8-10,17-18,23H,6-7H2,1H3;1-2H/t17-,18+;/m0./s1. The largest absolute Gasteiger partial charge is 0.383 e. The fraction of sp³-hybridized carbons (Fsp3) is 0.217. The van der Waals surface area contributed by atoms with Gasteiger partial charge in [-0.1, -0.05) is 47.5 Å². The van der Waals surface area contributed by atoms with E-state index in [9.17, 15) is 5.11 Å². The summed E-state index contributed by atoms with van der Waals surface area (Å²) in [7, 11) is 0. The maximum absolute atomic E-state index is 10.7. The van der Waals surface area contributed by atoms with Crippen LogP contribution in [-0.4, -0.2) is 31.6 Å². The van der Waals surface area contributed by atoms with Crippen molar-refractivity contribution in [3.05, 3.63) is 101 Å². The number of aliphatic hydroxyl groups is 1. The van der Waals surface area contributed by atoms with Crippen molar-refractivity contribution in [2.24, 2.45) is 0 Å². The Labute approximate surface area is 219 Å². The van der Waals surface area contributed by atoms with Crippen molar-refractivity contribution in [2.75, 3.05) is 6.61 Å². The van der Waals surface area contributed by atoms with Crippen molar-refractivity contribution in [3.8, 4) is 0 Å². The average Bonchev–Trinajstić information content (AvgIpc) is 3.22. The number of aryl methyl sites for hydroxylation is 1. The minimum Gasteiger partial charge on any atom is -0.383 e. The molecule has 1 aliphatic rings. The molecule has 5 rings (SSSR count). The number of thiophene rings is 1. The minimum absolute atomic E-state index is 0.0929. The van der Waals surface area contributed by atoms with E-state index in [1.54, 1.807) is 23.7 Å². The molecule has 0 spiro atoms. The molecule has 170 valence electrons. The van der Waals surface area contributed by atoms with Gasteiger partial charge in [0.05, 0.1) is 10.2 Å². The number of benzene rings is 1. The third-order valence-corrected chi connectivity index (χ3v) is 7.97. The number of hydrogen-bond donors (Lipinski definition) is 1. The van der Waals surface area contributed by atoms with Crippen LogP contribution in [0.25, 0.3) is 0 Å². The number of nitrogens with zero attached hydrogens (tertiary/aromatic N) is 4. The molecule has 0 amide bonds. The third-order valence-electron chi connectivity index (χ3n) is 5.13. The molecule has 1 aliphatic heterocycles. The molecule has 0 bridgehead atoms. The lowest BCUT2D eigenvalue weighted by molar-refractivity contribution is 0.0697. The Bertz CT molecular complexity index is 1240. The van der Waals surface area contributed by atoms with Gasteiger partial charge in [-0.15, -0.1) is 11.3 Å². The smallest absolute Gasteiger partial charge is 0.145 e. The molecule has 6 nitrogen and oxygen atoms in total. The summed E-state index contributed by atoms with van der Waals surface area (Å²) in [5.74, 6) is 0. The van der Waals surface area contributed by atoms with Crippen molar-refractivity contribution < 1.29 is 9.84 Å². The van der Waals surface area contributed by atoms with Crippen LogP contribution in [0.15, 0.2) is 55.4 Å². The van der Waals surface area contributed by atoms with Gasteiger partial charge >= 0.3 is 0 Å². The molecular formula is C23H19Cl2IN4O2S. The molecule has 4 aromatic rings. The Morgan fingerprint density at radius 2 is 1.82 bits per heavy atom. The zero-order valence-corrected chi connectivity index (χ0v) is 21.9. The summed E-state index contributed by atoms with van der Waals surface area (Å²) in [6.45, 7) is 2.76. The van der Waals surface area contributed by atoms with Crippen LogP contribution in [0, 0.1) is 10.5 Å². The molecule has 0 aliphatic carbocycles. The summed E-state index contributed by atoms with van der Waals surface area (Å²) in [5, 5.41) is 11.5. The summed E-state index contributed by atoms with van der Waals surface area (Å²) < 4.78 is 6.95. The zero-order chi connectivity index (χ0) is 23.4. The quantitative estimate of drug-likeness (QED) is 0.226. The average molecular weight is 613 g/mol. The number of fused-ring (bicyclic) bond motifs is 1. The van der Waals surface area contributed by atoms with Gasteiger partial charge in [-0.25, -0.2) is 19.9 Å². The van der Waals surface area contributed by atoms with Crippen LogP contribution in [-0.2, 0) is 11.2 Å². The minimum atomic E-state index is -0.843. The van der Waals surface area contributed by atoms with Gasteiger partial charge in [-0.2, -0.15) is 0 Å². The van der Waals surface area contributed by atoms with E-state index in [0.717, 1.165) is 25.3 Å². The van der Waals surface area contributed by atoms with Crippen LogP contribution in [0.5, 0.6) is 0 Å². The van der Waals surface area contributed by atoms with Crippen LogP contribution in [0.4, 0.5) is 0 Å². The van der Waals surface area contributed by atoms with Gasteiger partial charge in [0, 0.05) is 27.7 Å². The van der Waals surface area contributed by atoms with Crippen molar-refractivity contribution >= 4 is 57.1 Å². The highest BCUT2D eigenvalue weighted by atomic mass is 127. The van der Waals surface area contributed by atoms with Crippen molar-refractivity contribution in [3.63, 3.8) is 0 Å². The van der Waals surface area contributed by atoms with Crippen LogP contribution in [0.3, 0.4) is 0 Å². The molecule has 0 radical (unpaired) electrons. The molecule has 0 fully saturated rings. The summed E-state index contributed by atoms with van der Waals surface area (Å²) >= 11 is 15.3. The number of rotatable bonds is 3. The highest BCUT2D eigenvalue weighted by Crippen LogP contribution is 2.40. The predicted molar refractivity (Wildman–Crippen MR) is 138 cm³/mol. The van der Waals surface area contributed by atoms with Gasteiger partial charge in [0.15, 0.2) is 0 Å². The summed E-state index contributed by atoms with van der Waals surface area (Å²) in [6, 6.07) is 10.4. The van der Waals surface area contributed by atoms with E-state index < -0.39 is 6.10 Å². The second-order valence-electron chi connectivity index (χ2n) is 7.19. The SMILES string of the molecule is Cc1sc([C@@H](O)c2cncnc2Cl)cc1[C@@H]1OCCc2ccccc21.Clc1ncncc1I. The molecule has 0 saturated heterocycles. The highest BCUT2D eigenvalue weighted by molar-refractivity contribution is 14.1. The van der Waals surface area contributed by atoms with E-state index in [2.05, 4.69) is 67.6 Å². The van der Waals surface area contributed by atoms with E-state index in [-0.39, 0.29) is 11.3 Å². The van der Waals surface area contributed by atoms with Crippen molar-refractivity contribution in [2.45, 2.75) is 25.6 Å². The first-order chi connectivity index (χ1) is 16.0. The van der Waals surface area contributed by atoms with E-state index in [1.165, 1.54) is 23.8 Å². The first kappa shape index (κ1) is 24.4. The Morgan fingerprint density at radius 1 is 1.09 bits per heavy atom. The third kappa shape index (κ3) is 5.70. The lowest BCUT2D eigenvalue weighted by Crippen LogP contribution is -2.17. The zero-order valence-electron chi connectivity index (χ0n) is 17.5. The van der Waals surface area contributed by atoms with Gasteiger partial charge in [0.25, 0.3) is 0 Å². The molecule has 3 aromatic heterocycles. The number of aliphatic hydroxyl groups excluding tert-OH is 1. The number of aromatic nitrogens is 4. The van der Waals surface area contributed by atoms with Gasteiger partial charge in [-0.05, 0) is 58.7 Å². The molecule has 0 saturated carbocycles. The molecule has 2 atom stereocenters. The fourth-order valence-corrected chi connectivity index (χ4v) is 5.18. The summed E-state index contributed by atoms with van der Waals surface area (Å²) in [6.07, 6.45) is 6.01. The first-order valence-electron chi connectivity index (χ1n) is 9.99. The van der Waals surface area contributed by atoms with E-state index in [1.807, 2.05) is 12.1 Å². The Kier molecular flexibility index (Phi) is 8.26. The summed E-state index contributed by atoms with van der Waals surface area (Å²) in [4.78, 5) is 17.3. The first-order valence-corrected chi connectivity index (χ1v) is 12.6. The fourth-order valence-electron chi connectivity index (χ4n) is 3.53. The van der Waals surface area contributed by atoms with E-state index in [4.69, 9.17) is 27.9 Å². The topological polar surface area (TPSA) is 81.0 Å². The monoisotopic (exact) mass is 612 g/mol. The predicted octanol–water partition coefficient (Wildman–Crippen LogP) is 5.98. The maximum atomic E-state index is 10.7. The number of ether oxygens (including phenoxy) is 1. The second-order valence-corrected chi connectivity index (χ2v) is 10.4. The molecule has 33 heavy (non-hydrogen) atoms. The second kappa shape index (κ2) is 11.2. The van der Waals surface area contributed by atoms with Gasteiger partial charge in [0.1, 0.15) is 35.2 Å². The Hall–Kier alpha value is -1.69. The van der Waals surface area contributed by atoms with Crippen LogP contribution in [0.1, 0.15) is 44.2 Å². The molecule has 0 unspecified atom stereocenters. The molecule has 1 N–H and O–H groups in total. The van der Waals surface area contributed by atoms with Crippen LogP contribution >= 0.6 is 57.1 Å². The normalized spacial score (nSPS) is 15.8. The Morgan fingerprint density at radius 3 is 2.52 bits per heavy atom. The molecule has 1 aromatic carbocycles. The van der Waals surface area contributed by atoms with Crippen LogP contribution in [0.2, 0.25) is 10.3 Å². The van der Waals surface area contributed by atoms with E-state index in [0.29, 0.717) is 17.3 Å². The van der Waals surface area contributed by atoms with Crippen molar-refractivity contribution in [1.82, 2.24) is 19.9 Å². The van der Waals surface area contributed by atoms with Gasteiger partial charge in [-0.3, -0.25) is 0 Å².